The first-order valence-corrected chi connectivity index (χ1v) is 6.54. The second-order valence-corrected chi connectivity index (χ2v) is 4.86. The van der Waals surface area contributed by atoms with Crippen molar-refractivity contribution in [2.75, 3.05) is 20.6 Å². The van der Waals surface area contributed by atoms with Crippen LogP contribution in [0.3, 0.4) is 0 Å². The Morgan fingerprint density at radius 2 is 2.10 bits per heavy atom. The van der Waals surface area contributed by atoms with Crippen LogP contribution in [-0.4, -0.2) is 42.4 Å². The zero-order valence-electron chi connectivity index (χ0n) is 12.1. The second kappa shape index (κ2) is 6.25. The number of fused-ring (bicyclic) bond motifs is 1. The van der Waals surface area contributed by atoms with Gasteiger partial charge in [0, 0.05) is 37.7 Å². The average molecular weight is 290 g/mol. The number of H-pyrrole nitrogens is 1. The van der Waals surface area contributed by atoms with E-state index in [1.54, 1.807) is 25.1 Å². The highest BCUT2D eigenvalue weighted by Crippen LogP contribution is 2.19. The number of rotatable bonds is 3. The molecule has 0 aliphatic heterocycles. The Morgan fingerprint density at radius 3 is 2.81 bits per heavy atom. The topological polar surface area (TPSA) is 95.8 Å². The summed E-state index contributed by atoms with van der Waals surface area (Å²) in [6, 6.07) is 4.67. The number of halogens is 1. The highest BCUT2D eigenvalue weighted by molar-refractivity contribution is 5.93. The molecule has 0 bridgehead atoms. The van der Waals surface area contributed by atoms with Gasteiger partial charge in [-0.05, 0) is 30.2 Å². The van der Waals surface area contributed by atoms with Crippen LogP contribution in [0.2, 0.25) is 0 Å². The van der Waals surface area contributed by atoms with Crippen molar-refractivity contribution < 1.29 is 4.39 Å². The molecule has 0 amide bonds. The maximum atomic E-state index is 13.1. The third-order valence-corrected chi connectivity index (χ3v) is 3.07. The van der Waals surface area contributed by atoms with Crippen molar-refractivity contribution in [3.05, 3.63) is 35.8 Å². The van der Waals surface area contributed by atoms with E-state index in [1.165, 1.54) is 12.1 Å². The van der Waals surface area contributed by atoms with Crippen molar-refractivity contribution >= 4 is 22.8 Å². The molecular formula is C14H19FN6. The molecule has 0 saturated carbocycles. The Morgan fingerprint density at radius 1 is 1.33 bits per heavy atom. The summed E-state index contributed by atoms with van der Waals surface area (Å²) in [6.45, 7) is 0.486. The van der Waals surface area contributed by atoms with Gasteiger partial charge in [-0.3, -0.25) is 4.99 Å². The van der Waals surface area contributed by atoms with Gasteiger partial charge in [-0.2, -0.15) is 4.99 Å². The van der Waals surface area contributed by atoms with E-state index in [2.05, 4.69) is 15.0 Å². The minimum absolute atomic E-state index is 0.145. The van der Waals surface area contributed by atoms with Gasteiger partial charge in [0.1, 0.15) is 5.82 Å². The number of hydrogen-bond donors (Lipinski definition) is 3. The number of nitrogens with zero attached hydrogens (tertiary/aromatic N) is 3. The highest BCUT2D eigenvalue weighted by atomic mass is 19.1. The molecule has 0 unspecified atom stereocenters. The molecule has 6 nitrogen and oxygen atoms in total. The molecule has 21 heavy (non-hydrogen) atoms. The number of aromatic amines is 1. The summed E-state index contributed by atoms with van der Waals surface area (Å²) in [7, 11) is 3.55. The monoisotopic (exact) mass is 290 g/mol. The Hall–Kier alpha value is -2.57. The summed E-state index contributed by atoms with van der Waals surface area (Å²) >= 11 is 0. The van der Waals surface area contributed by atoms with E-state index >= 15 is 0 Å². The lowest BCUT2D eigenvalue weighted by atomic mass is 10.1. The summed E-state index contributed by atoms with van der Waals surface area (Å²) in [6.07, 6.45) is 2.54. The Kier molecular flexibility index (Phi) is 4.42. The highest BCUT2D eigenvalue weighted by Gasteiger charge is 2.04. The average Bonchev–Trinajstić information content (AvgIpc) is 2.81. The lowest BCUT2D eigenvalue weighted by Gasteiger charge is -2.09. The van der Waals surface area contributed by atoms with Crippen LogP contribution in [0.25, 0.3) is 10.9 Å². The minimum atomic E-state index is -0.258. The summed E-state index contributed by atoms with van der Waals surface area (Å²) in [5.74, 6) is 0.192. The molecule has 1 aromatic heterocycles. The van der Waals surface area contributed by atoms with Crippen LogP contribution in [0.5, 0.6) is 0 Å². The van der Waals surface area contributed by atoms with Gasteiger partial charge in [-0.1, -0.05) is 0 Å². The van der Waals surface area contributed by atoms with Crippen LogP contribution >= 0.6 is 0 Å². The maximum absolute atomic E-state index is 13.1. The lowest BCUT2D eigenvalue weighted by Crippen LogP contribution is -2.32. The van der Waals surface area contributed by atoms with Crippen LogP contribution in [0.15, 0.2) is 34.4 Å². The number of nitrogens with two attached hydrogens (primary N) is 2. The fourth-order valence-corrected chi connectivity index (χ4v) is 1.91. The Bertz CT molecular complexity index is 686. The third kappa shape index (κ3) is 3.71. The van der Waals surface area contributed by atoms with Crippen molar-refractivity contribution in [2.24, 2.45) is 21.5 Å². The standard InChI is InChI=1S/C14H19FN6/c1-21(2)14(17)20-13(16)18-6-5-9-8-19-12-7-10(15)3-4-11(9)12/h3-4,7-8,19H,5-6H2,1-2H3,(H4,16,17,18,20). The summed E-state index contributed by atoms with van der Waals surface area (Å²) < 4.78 is 13.1. The quantitative estimate of drug-likeness (QED) is 0.582. The zero-order valence-corrected chi connectivity index (χ0v) is 12.1. The molecule has 0 radical (unpaired) electrons. The first-order chi connectivity index (χ1) is 9.97. The molecule has 0 fully saturated rings. The summed E-state index contributed by atoms with van der Waals surface area (Å²) in [5, 5.41) is 0.987. The van der Waals surface area contributed by atoms with E-state index in [4.69, 9.17) is 11.5 Å². The van der Waals surface area contributed by atoms with Crippen molar-refractivity contribution in [1.29, 1.82) is 0 Å². The molecule has 2 aromatic rings. The fourth-order valence-electron chi connectivity index (χ4n) is 1.91. The van der Waals surface area contributed by atoms with Crippen LogP contribution in [0.1, 0.15) is 5.56 Å². The van der Waals surface area contributed by atoms with Gasteiger partial charge >= 0.3 is 0 Å². The normalized spacial score (nSPS) is 12.9. The number of benzene rings is 1. The predicted octanol–water partition coefficient (Wildman–Crippen LogP) is 1.04. The second-order valence-electron chi connectivity index (χ2n) is 4.86. The van der Waals surface area contributed by atoms with Gasteiger partial charge in [0.05, 0.1) is 0 Å². The van der Waals surface area contributed by atoms with Gasteiger partial charge in [0.15, 0.2) is 5.96 Å². The predicted molar refractivity (Wildman–Crippen MR) is 83.8 cm³/mol. The number of aliphatic imine (C=N–C) groups is 2. The van der Waals surface area contributed by atoms with Gasteiger partial charge in [-0.25, -0.2) is 4.39 Å². The van der Waals surface area contributed by atoms with Crippen molar-refractivity contribution in [1.82, 2.24) is 9.88 Å². The molecule has 2 rings (SSSR count). The smallest absolute Gasteiger partial charge is 0.218 e. The largest absolute Gasteiger partial charge is 0.369 e. The number of nitrogens with one attached hydrogen (secondary N) is 1. The maximum Gasteiger partial charge on any atom is 0.218 e. The van der Waals surface area contributed by atoms with Crippen LogP contribution < -0.4 is 11.5 Å². The van der Waals surface area contributed by atoms with E-state index in [1.807, 2.05) is 6.20 Å². The molecule has 1 heterocycles. The Labute approximate surface area is 122 Å². The lowest BCUT2D eigenvalue weighted by molar-refractivity contribution is 0.615. The molecule has 0 spiro atoms. The molecule has 7 heteroatoms. The molecule has 0 aliphatic carbocycles. The van der Waals surface area contributed by atoms with Crippen molar-refractivity contribution in [3.8, 4) is 0 Å². The number of aromatic nitrogens is 1. The molecule has 0 atom stereocenters. The van der Waals surface area contributed by atoms with Gasteiger partial charge < -0.3 is 21.4 Å². The van der Waals surface area contributed by atoms with E-state index in [0.29, 0.717) is 18.9 Å². The molecule has 112 valence electrons. The van der Waals surface area contributed by atoms with E-state index < -0.39 is 0 Å². The molecule has 5 N–H and O–H groups in total. The van der Waals surface area contributed by atoms with E-state index in [9.17, 15) is 4.39 Å². The number of hydrogen-bond acceptors (Lipinski definition) is 1. The van der Waals surface area contributed by atoms with Crippen LogP contribution in [-0.2, 0) is 6.42 Å². The summed E-state index contributed by atoms with van der Waals surface area (Å²) in [4.78, 5) is 12.8. The van der Waals surface area contributed by atoms with Crippen molar-refractivity contribution in [2.45, 2.75) is 6.42 Å². The third-order valence-electron chi connectivity index (χ3n) is 3.07. The summed E-state index contributed by atoms with van der Waals surface area (Å²) in [5.41, 5.74) is 13.2. The minimum Gasteiger partial charge on any atom is -0.369 e. The van der Waals surface area contributed by atoms with E-state index in [-0.39, 0.29) is 11.8 Å². The zero-order chi connectivity index (χ0) is 15.4. The molecular weight excluding hydrogens is 271 g/mol. The molecule has 0 aliphatic rings. The van der Waals surface area contributed by atoms with Gasteiger partial charge in [-0.15, -0.1) is 0 Å². The van der Waals surface area contributed by atoms with E-state index in [0.717, 1.165) is 16.5 Å². The first-order valence-electron chi connectivity index (χ1n) is 6.54. The molecule has 0 saturated heterocycles. The molecule has 1 aromatic carbocycles. The Balaban J connectivity index is 2.04. The van der Waals surface area contributed by atoms with Gasteiger partial charge in [0.2, 0.25) is 5.96 Å². The van der Waals surface area contributed by atoms with Crippen LogP contribution in [0, 0.1) is 5.82 Å². The van der Waals surface area contributed by atoms with Gasteiger partial charge in [0.25, 0.3) is 0 Å². The van der Waals surface area contributed by atoms with Crippen molar-refractivity contribution in [3.63, 3.8) is 0 Å². The number of guanidine groups is 2. The van der Waals surface area contributed by atoms with Crippen LogP contribution in [0.4, 0.5) is 4.39 Å². The SMILES string of the molecule is CN(C)/C(N)=N/C(N)=NCCc1c[nH]c2cc(F)ccc12. The first kappa shape index (κ1) is 14.8. The fraction of sp³-hybridized carbons (Fsp3) is 0.286.